The third kappa shape index (κ3) is 2.39. The maximum absolute atomic E-state index is 13.6. The van der Waals surface area contributed by atoms with Gasteiger partial charge in [0, 0.05) is 11.0 Å². The lowest BCUT2D eigenvalue weighted by Gasteiger charge is -2.03. The Morgan fingerprint density at radius 1 is 1.21 bits per heavy atom. The number of hydrogen-bond acceptors (Lipinski definition) is 4. The van der Waals surface area contributed by atoms with Crippen molar-refractivity contribution in [2.75, 3.05) is 0 Å². The number of imidazole rings is 1. The van der Waals surface area contributed by atoms with Gasteiger partial charge >= 0.3 is 0 Å². The van der Waals surface area contributed by atoms with E-state index in [4.69, 9.17) is 11.6 Å². The standard InChI is InChI=1S/C11H5ClF2N4S/c12-11-17-9-8(15-4-16-9)10(18-11)19-7-2-1-5(13)3-6(7)14/h1-4H,(H,15,16,17,18). The van der Waals surface area contributed by atoms with Crippen LogP contribution in [0.2, 0.25) is 5.28 Å². The number of halogens is 3. The van der Waals surface area contributed by atoms with Gasteiger partial charge in [-0.25, -0.2) is 18.7 Å². The molecule has 0 fully saturated rings. The van der Waals surface area contributed by atoms with Gasteiger partial charge in [0.05, 0.1) is 6.33 Å². The molecule has 3 rings (SSSR count). The fourth-order valence-corrected chi connectivity index (χ4v) is 2.62. The third-order valence-electron chi connectivity index (χ3n) is 2.33. The lowest BCUT2D eigenvalue weighted by molar-refractivity contribution is 0.565. The molecular weight excluding hydrogens is 294 g/mol. The fourth-order valence-electron chi connectivity index (χ4n) is 1.52. The van der Waals surface area contributed by atoms with E-state index >= 15 is 0 Å². The van der Waals surface area contributed by atoms with E-state index in [-0.39, 0.29) is 10.2 Å². The lowest BCUT2D eigenvalue weighted by Crippen LogP contribution is -1.90. The van der Waals surface area contributed by atoms with Crippen molar-refractivity contribution >= 4 is 34.5 Å². The Labute approximate surface area is 115 Å². The summed E-state index contributed by atoms with van der Waals surface area (Å²) in [4.78, 5) is 15.0. The van der Waals surface area contributed by atoms with Crippen LogP contribution in [0.4, 0.5) is 8.78 Å². The molecule has 4 nitrogen and oxygen atoms in total. The molecule has 0 spiro atoms. The van der Waals surface area contributed by atoms with Gasteiger partial charge in [-0.05, 0) is 23.7 Å². The molecule has 19 heavy (non-hydrogen) atoms. The SMILES string of the molecule is Fc1ccc(Sc2nc(Cl)nc3nc[nH]c23)c(F)c1. The number of hydrogen-bond donors (Lipinski definition) is 1. The predicted molar refractivity (Wildman–Crippen MR) is 67.2 cm³/mol. The molecule has 0 saturated heterocycles. The highest BCUT2D eigenvalue weighted by Crippen LogP contribution is 2.32. The lowest BCUT2D eigenvalue weighted by atomic mass is 10.3. The summed E-state index contributed by atoms with van der Waals surface area (Å²) in [5, 5.41) is 0.447. The first-order valence-corrected chi connectivity index (χ1v) is 6.32. The van der Waals surface area contributed by atoms with Crippen LogP contribution >= 0.6 is 23.4 Å². The normalized spacial score (nSPS) is 11.1. The summed E-state index contributed by atoms with van der Waals surface area (Å²) in [6.07, 6.45) is 1.45. The van der Waals surface area contributed by atoms with E-state index in [0.717, 1.165) is 17.8 Å². The molecule has 2 heterocycles. The first-order valence-electron chi connectivity index (χ1n) is 5.13. The molecule has 8 heteroatoms. The first kappa shape index (κ1) is 12.3. The molecule has 0 aliphatic carbocycles. The van der Waals surface area contributed by atoms with Gasteiger partial charge in [-0.1, -0.05) is 11.8 Å². The summed E-state index contributed by atoms with van der Waals surface area (Å²) < 4.78 is 26.4. The van der Waals surface area contributed by atoms with Gasteiger partial charge in [-0.3, -0.25) is 0 Å². The maximum atomic E-state index is 13.6. The molecule has 0 aliphatic heterocycles. The van der Waals surface area contributed by atoms with Gasteiger partial charge in [0.1, 0.15) is 22.2 Å². The summed E-state index contributed by atoms with van der Waals surface area (Å²) >= 11 is 6.79. The molecule has 3 aromatic rings. The monoisotopic (exact) mass is 298 g/mol. The van der Waals surface area contributed by atoms with Crippen LogP contribution in [0.25, 0.3) is 11.2 Å². The molecule has 2 aromatic heterocycles. The quantitative estimate of drug-likeness (QED) is 0.582. The van der Waals surface area contributed by atoms with Crippen LogP contribution < -0.4 is 0 Å². The van der Waals surface area contributed by atoms with Crippen molar-refractivity contribution in [1.29, 1.82) is 0 Å². The Bertz CT molecular complexity index is 762. The zero-order valence-electron chi connectivity index (χ0n) is 9.19. The summed E-state index contributed by atoms with van der Waals surface area (Å²) in [6.45, 7) is 0. The van der Waals surface area contributed by atoms with E-state index in [1.54, 1.807) is 0 Å². The number of nitrogens with zero attached hydrogens (tertiary/aromatic N) is 3. The van der Waals surface area contributed by atoms with Crippen LogP contribution in [0.1, 0.15) is 0 Å². The van der Waals surface area contributed by atoms with Crippen LogP contribution in [0.15, 0.2) is 34.4 Å². The zero-order chi connectivity index (χ0) is 13.4. The second-order valence-electron chi connectivity index (χ2n) is 3.58. The maximum Gasteiger partial charge on any atom is 0.225 e. The molecule has 0 unspecified atom stereocenters. The Kier molecular flexibility index (Phi) is 3.08. The van der Waals surface area contributed by atoms with Crippen LogP contribution in [-0.4, -0.2) is 19.9 Å². The minimum Gasteiger partial charge on any atom is -0.341 e. The Morgan fingerprint density at radius 2 is 2.05 bits per heavy atom. The Balaban J connectivity index is 2.07. The molecule has 0 saturated carbocycles. The summed E-state index contributed by atoms with van der Waals surface area (Å²) in [5.41, 5.74) is 0.947. The van der Waals surface area contributed by atoms with Crippen molar-refractivity contribution in [2.45, 2.75) is 9.92 Å². The van der Waals surface area contributed by atoms with Crippen LogP contribution in [0.3, 0.4) is 0 Å². The molecule has 0 bridgehead atoms. The van der Waals surface area contributed by atoms with Gasteiger partial charge in [0.25, 0.3) is 0 Å². The van der Waals surface area contributed by atoms with Gasteiger partial charge in [0.2, 0.25) is 5.28 Å². The predicted octanol–water partition coefficient (Wildman–Crippen LogP) is 3.44. The number of H-pyrrole nitrogens is 1. The van der Waals surface area contributed by atoms with E-state index in [1.807, 2.05) is 0 Å². The molecule has 1 aromatic carbocycles. The average Bonchev–Trinajstić information content (AvgIpc) is 2.80. The van der Waals surface area contributed by atoms with Crippen LogP contribution in [-0.2, 0) is 0 Å². The largest absolute Gasteiger partial charge is 0.341 e. The number of aromatic amines is 1. The van der Waals surface area contributed by atoms with Gasteiger partial charge < -0.3 is 4.98 Å². The second-order valence-corrected chi connectivity index (χ2v) is 4.94. The highest BCUT2D eigenvalue weighted by atomic mass is 35.5. The van der Waals surface area contributed by atoms with E-state index in [9.17, 15) is 8.78 Å². The second kappa shape index (κ2) is 4.75. The van der Waals surface area contributed by atoms with Gasteiger partial charge in [-0.15, -0.1) is 0 Å². The minimum absolute atomic E-state index is 0.0182. The molecule has 1 N–H and O–H groups in total. The van der Waals surface area contributed by atoms with Crippen molar-refractivity contribution in [3.8, 4) is 0 Å². The topological polar surface area (TPSA) is 54.5 Å². The smallest absolute Gasteiger partial charge is 0.225 e. The molecule has 0 amide bonds. The number of rotatable bonds is 2. The molecule has 0 atom stereocenters. The van der Waals surface area contributed by atoms with E-state index in [0.29, 0.717) is 16.2 Å². The third-order valence-corrected chi connectivity index (χ3v) is 3.53. The average molecular weight is 299 g/mol. The Morgan fingerprint density at radius 3 is 2.84 bits per heavy atom. The molecule has 0 radical (unpaired) electrons. The van der Waals surface area contributed by atoms with Gasteiger partial charge in [0.15, 0.2) is 5.65 Å². The fraction of sp³-hybridized carbons (Fsp3) is 0. The summed E-state index contributed by atoms with van der Waals surface area (Å²) in [6, 6.07) is 3.33. The number of nitrogens with one attached hydrogen (secondary N) is 1. The highest BCUT2D eigenvalue weighted by molar-refractivity contribution is 7.99. The minimum atomic E-state index is -0.660. The van der Waals surface area contributed by atoms with Crippen molar-refractivity contribution in [1.82, 2.24) is 19.9 Å². The van der Waals surface area contributed by atoms with E-state index < -0.39 is 11.6 Å². The van der Waals surface area contributed by atoms with Crippen molar-refractivity contribution < 1.29 is 8.78 Å². The Hall–Kier alpha value is -1.73. The van der Waals surface area contributed by atoms with E-state index in [1.165, 1.54) is 18.5 Å². The molecule has 0 aliphatic rings. The van der Waals surface area contributed by atoms with E-state index in [2.05, 4.69) is 19.9 Å². The summed E-state index contributed by atoms with van der Waals surface area (Å²) in [7, 11) is 0. The van der Waals surface area contributed by atoms with Crippen LogP contribution in [0.5, 0.6) is 0 Å². The highest BCUT2D eigenvalue weighted by Gasteiger charge is 2.13. The molecule has 96 valence electrons. The zero-order valence-corrected chi connectivity index (χ0v) is 10.8. The number of aromatic nitrogens is 4. The van der Waals surface area contributed by atoms with Crippen molar-refractivity contribution in [3.05, 3.63) is 41.4 Å². The van der Waals surface area contributed by atoms with Crippen molar-refractivity contribution in [2.24, 2.45) is 0 Å². The van der Waals surface area contributed by atoms with Crippen molar-refractivity contribution in [3.63, 3.8) is 0 Å². The number of benzene rings is 1. The van der Waals surface area contributed by atoms with Gasteiger partial charge in [-0.2, -0.15) is 4.98 Å². The summed E-state index contributed by atoms with van der Waals surface area (Å²) in [5.74, 6) is -1.29. The number of fused-ring (bicyclic) bond motifs is 1. The first-order chi connectivity index (χ1) is 9.13. The van der Waals surface area contributed by atoms with Crippen LogP contribution in [0, 0.1) is 11.6 Å². The molecular formula is C11H5ClF2N4S.